The summed E-state index contributed by atoms with van der Waals surface area (Å²) in [6, 6.07) is 10.7. The summed E-state index contributed by atoms with van der Waals surface area (Å²) < 4.78 is 13.4. The van der Waals surface area contributed by atoms with Crippen LogP contribution in [0.15, 0.2) is 54.9 Å². The molecule has 3 aromatic rings. The normalized spacial score (nSPS) is 19.6. The first-order valence-corrected chi connectivity index (χ1v) is 11.6. The average molecular weight is 499 g/mol. The first-order chi connectivity index (χ1) is 15.4. The Morgan fingerprint density at radius 1 is 1.19 bits per heavy atom. The van der Waals surface area contributed by atoms with Crippen molar-refractivity contribution < 1.29 is 13.9 Å². The van der Waals surface area contributed by atoms with Gasteiger partial charge in [-0.2, -0.15) is 0 Å². The van der Waals surface area contributed by atoms with E-state index in [1.54, 1.807) is 24.3 Å². The Bertz CT molecular complexity index is 1330. The van der Waals surface area contributed by atoms with Crippen LogP contribution in [0.2, 0.25) is 0 Å². The van der Waals surface area contributed by atoms with Gasteiger partial charge in [-0.3, -0.25) is 9.59 Å². The molecule has 1 saturated heterocycles. The van der Waals surface area contributed by atoms with Gasteiger partial charge in [-0.25, -0.2) is 4.79 Å². The third-order valence-corrected chi connectivity index (χ3v) is 7.28. The van der Waals surface area contributed by atoms with Crippen molar-refractivity contribution in [1.29, 1.82) is 0 Å². The number of fused-ring (bicyclic) bond motifs is 5. The van der Waals surface area contributed by atoms with Crippen LogP contribution < -0.4 is 15.9 Å². The Balaban J connectivity index is 1.30. The summed E-state index contributed by atoms with van der Waals surface area (Å²) >= 11 is 3.30. The summed E-state index contributed by atoms with van der Waals surface area (Å²) in [5.41, 5.74) is 1.94. The van der Waals surface area contributed by atoms with E-state index in [1.807, 2.05) is 28.5 Å². The predicted molar refractivity (Wildman–Crippen MR) is 123 cm³/mol. The molecule has 5 rings (SSSR count). The van der Waals surface area contributed by atoms with E-state index in [0.29, 0.717) is 41.9 Å². The number of benzene rings is 1. The van der Waals surface area contributed by atoms with Crippen LogP contribution in [0.5, 0.6) is 5.75 Å². The van der Waals surface area contributed by atoms with E-state index < -0.39 is 5.63 Å². The van der Waals surface area contributed by atoms with E-state index in [4.69, 9.17) is 9.15 Å². The number of carbonyl (C=O) groups excluding carboxylic acids is 1. The molecule has 0 radical (unpaired) electrons. The summed E-state index contributed by atoms with van der Waals surface area (Å²) in [6.45, 7) is 3.75. The molecule has 0 saturated carbocycles. The molecule has 1 fully saturated rings. The van der Waals surface area contributed by atoms with Crippen LogP contribution in [-0.4, -0.2) is 35.1 Å². The molecule has 2 aliphatic rings. The van der Waals surface area contributed by atoms with Crippen molar-refractivity contribution in [3.05, 3.63) is 72.9 Å². The molecule has 0 unspecified atom stereocenters. The topological polar surface area (TPSA) is 81.8 Å². The molecular formula is C24H23BrN2O5. The standard InChI is InChI=1S/C24H23BrN2O5/c1-2-17-18-7-6-16(9-20(18)32-24(30)23(17)25)31-13-22(29)26-10-14-8-15(12-26)19-4-3-5-21(28)27(19)11-14/h3-7,9,14-15H,2,8,10-13H2,1H3/t14-,15-/m0/s1. The molecule has 0 aliphatic carbocycles. The monoisotopic (exact) mass is 498 g/mol. The number of piperidine rings is 1. The quantitative estimate of drug-likeness (QED) is 0.515. The Hall–Kier alpha value is -2.87. The lowest BCUT2D eigenvalue weighted by Gasteiger charge is -2.42. The van der Waals surface area contributed by atoms with Crippen LogP contribution in [0.25, 0.3) is 11.0 Å². The number of likely N-dealkylation sites (tertiary alicyclic amines) is 1. The molecular weight excluding hydrogens is 476 g/mol. The van der Waals surface area contributed by atoms with Crippen LogP contribution >= 0.6 is 15.9 Å². The van der Waals surface area contributed by atoms with Gasteiger partial charge in [0.05, 0.1) is 0 Å². The van der Waals surface area contributed by atoms with Crippen LogP contribution in [0, 0.1) is 5.92 Å². The van der Waals surface area contributed by atoms with Gasteiger partial charge in [-0.1, -0.05) is 13.0 Å². The maximum atomic E-state index is 12.9. The predicted octanol–water partition coefficient (Wildman–Crippen LogP) is 3.30. The molecule has 166 valence electrons. The molecule has 2 aliphatic heterocycles. The average Bonchev–Trinajstić information content (AvgIpc) is 2.79. The molecule has 32 heavy (non-hydrogen) atoms. The molecule has 8 heteroatoms. The highest BCUT2D eigenvalue weighted by atomic mass is 79.9. The van der Waals surface area contributed by atoms with E-state index >= 15 is 0 Å². The molecule has 4 heterocycles. The number of nitrogens with zero attached hydrogens (tertiary/aromatic N) is 2. The maximum absolute atomic E-state index is 12.9. The molecule has 7 nitrogen and oxygen atoms in total. The van der Waals surface area contributed by atoms with Gasteiger partial charge < -0.3 is 18.6 Å². The Morgan fingerprint density at radius 2 is 2.03 bits per heavy atom. The van der Waals surface area contributed by atoms with Crippen molar-refractivity contribution >= 4 is 32.8 Å². The molecule has 2 atom stereocenters. The highest BCUT2D eigenvalue weighted by molar-refractivity contribution is 9.10. The third kappa shape index (κ3) is 3.66. The number of pyridine rings is 1. The first kappa shape index (κ1) is 21.0. The fraction of sp³-hybridized carbons (Fsp3) is 0.375. The Kier molecular flexibility index (Phi) is 5.41. The Morgan fingerprint density at radius 3 is 2.84 bits per heavy atom. The van der Waals surface area contributed by atoms with Gasteiger partial charge in [-0.05, 0) is 58.5 Å². The van der Waals surface area contributed by atoms with Crippen molar-refractivity contribution in [3.8, 4) is 5.75 Å². The zero-order valence-electron chi connectivity index (χ0n) is 17.7. The number of aryl methyl sites for hydroxylation is 1. The summed E-state index contributed by atoms with van der Waals surface area (Å²) in [6.07, 6.45) is 1.68. The summed E-state index contributed by atoms with van der Waals surface area (Å²) in [5.74, 6) is 0.831. The minimum absolute atomic E-state index is 0.0292. The van der Waals surface area contributed by atoms with Gasteiger partial charge in [-0.15, -0.1) is 0 Å². The summed E-state index contributed by atoms with van der Waals surface area (Å²) in [7, 11) is 0. The third-order valence-electron chi connectivity index (χ3n) is 6.47. The van der Waals surface area contributed by atoms with Crippen molar-refractivity contribution in [1.82, 2.24) is 9.47 Å². The highest BCUT2D eigenvalue weighted by Gasteiger charge is 2.36. The van der Waals surface area contributed by atoms with E-state index in [0.717, 1.165) is 23.1 Å². The number of hydrogen-bond acceptors (Lipinski definition) is 5. The van der Waals surface area contributed by atoms with Crippen molar-refractivity contribution in [2.45, 2.75) is 32.2 Å². The molecule has 1 aromatic carbocycles. The second-order valence-electron chi connectivity index (χ2n) is 8.48. The number of carbonyl (C=O) groups is 1. The number of rotatable bonds is 4. The largest absolute Gasteiger partial charge is 0.484 e. The van der Waals surface area contributed by atoms with Crippen LogP contribution in [0.4, 0.5) is 0 Å². The van der Waals surface area contributed by atoms with Crippen LogP contribution in [-0.2, 0) is 17.8 Å². The zero-order chi connectivity index (χ0) is 22.4. The van der Waals surface area contributed by atoms with Gasteiger partial charge in [0, 0.05) is 48.8 Å². The van der Waals surface area contributed by atoms with E-state index in [1.165, 1.54) is 0 Å². The van der Waals surface area contributed by atoms with E-state index in [-0.39, 0.29) is 29.9 Å². The minimum atomic E-state index is -0.429. The number of amides is 1. The molecule has 1 amide bonds. The second kappa shape index (κ2) is 8.24. The number of aromatic nitrogens is 1. The zero-order valence-corrected chi connectivity index (χ0v) is 19.3. The first-order valence-electron chi connectivity index (χ1n) is 10.8. The Labute approximate surface area is 192 Å². The lowest BCUT2D eigenvalue weighted by molar-refractivity contribution is -0.136. The molecule has 2 bridgehead atoms. The summed E-state index contributed by atoms with van der Waals surface area (Å²) in [4.78, 5) is 39.0. The van der Waals surface area contributed by atoms with Crippen LogP contribution in [0.3, 0.4) is 0 Å². The molecule has 2 aromatic heterocycles. The van der Waals surface area contributed by atoms with Crippen molar-refractivity contribution in [2.24, 2.45) is 5.92 Å². The van der Waals surface area contributed by atoms with Gasteiger partial charge in [0.25, 0.3) is 11.5 Å². The number of hydrogen-bond donors (Lipinski definition) is 0. The lowest BCUT2D eigenvalue weighted by Crippen LogP contribution is -2.50. The number of halogens is 1. The van der Waals surface area contributed by atoms with E-state index in [2.05, 4.69) is 15.9 Å². The fourth-order valence-electron chi connectivity index (χ4n) is 4.99. The van der Waals surface area contributed by atoms with E-state index in [9.17, 15) is 14.4 Å². The smallest absolute Gasteiger partial charge is 0.350 e. The van der Waals surface area contributed by atoms with Gasteiger partial charge in [0.15, 0.2) is 6.61 Å². The summed E-state index contributed by atoms with van der Waals surface area (Å²) in [5, 5.41) is 0.843. The maximum Gasteiger partial charge on any atom is 0.350 e. The van der Waals surface area contributed by atoms with Gasteiger partial charge >= 0.3 is 5.63 Å². The second-order valence-corrected chi connectivity index (χ2v) is 9.27. The number of ether oxygens (including phenoxy) is 1. The molecule has 0 N–H and O–H groups in total. The van der Waals surface area contributed by atoms with Crippen molar-refractivity contribution in [2.75, 3.05) is 19.7 Å². The highest BCUT2D eigenvalue weighted by Crippen LogP contribution is 2.35. The lowest BCUT2D eigenvalue weighted by atomic mass is 9.83. The van der Waals surface area contributed by atoms with Crippen molar-refractivity contribution in [3.63, 3.8) is 0 Å². The minimum Gasteiger partial charge on any atom is -0.484 e. The van der Waals surface area contributed by atoms with Gasteiger partial charge in [0.1, 0.15) is 15.8 Å². The molecule has 0 spiro atoms. The fourth-order valence-corrected chi connectivity index (χ4v) is 5.57. The van der Waals surface area contributed by atoms with Gasteiger partial charge in [0.2, 0.25) is 0 Å². The van der Waals surface area contributed by atoms with Crippen LogP contribution in [0.1, 0.15) is 30.5 Å². The SMILES string of the molecule is CCc1c(Br)c(=O)oc2cc(OCC(=O)N3C[C@@H]4C[C@@H](C3)c3cccc(=O)n3C4)ccc12.